The van der Waals surface area contributed by atoms with E-state index in [9.17, 15) is 13.0 Å². The minimum absolute atomic E-state index is 0.0621. The predicted molar refractivity (Wildman–Crippen MR) is 173 cm³/mol. The summed E-state index contributed by atoms with van der Waals surface area (Å²) in [7, 11) is -1.80. The van der Waals surface area contributed by atoms with Crippen LogP contribution >= 0.6 is 9.24 Å². The highest BCUT2D eigenvalue weighted by atomic mass is 32.2. The highest BCUT2D eigenvalue weighted by Crippen LogP contribution is 2.36. The second-order valence-corrected chi connectivity index (χ2v) is 14.4. The molecule has 1 aromatic rings. The van der Waals surface area contributed by atoms with Gasteiger partial charge in [-0.05, 0) is 72.2 Å². The third-order valence-electron chi connectivity index (χ3n) is 7.73. The summed E-state index contributed by atoms with van der Waals surface area (Å²) in [5, 5.41) is 0.682. The molecule has 0 spiro atoms. The largest absolute Gasteiger partial charge is 0.294 e. The first-order valence-electron chi connectivity index (χ1n) is 16.1. The van der Waals surface area contributed by atoms with Crippen LogP contribution in [-0.4, -0.2) is 18.1 Å². The number of hydrogen-bond donors (Lipinski definition) is 1. The van der Waals surface area contributed by atoms with Gasteiger partial charge in [0, 0.05) is 0 Å². The molecule has 0 bridgehead atoms. The first kappa shape index (κ1) is 37.6. The highest BCUT2D eigenvalue weighted by molar-refractivity contribution is 7.85. The summed E-state index contributed by atoms with van der Waals surface area (Å²) in [6, 6.07) is 6.73. The van der Waals surface area contributed by atoms with Crippen molar-refractivity contribution in [2.45, 2.75) is 179 Å². The summed E-state index contributed by atoms with van der Waals surface area (Å²) in [4.78, 5) is 0.0621. The molecule has 1 rings (SSSR count). The van der Waals surface area contributed by atoms with E-state index in [1.165, 1.54) is 128 Å². The van der Waals surface area contributed by atoms with E-state index in [1.54, 1.807) is 12.1 Å². The molecule has 224 valence electrons. The number of benzene rings is 1. The Hall–Kier alpha value is -0.440. The Kier molecular flexibility index (Phi) is 24.1. The standard InChI is InChI=1S/C19H32O3S.C14H31P/c1-2-3-4-5-6-7-8-9-10-11-12-15-18-16-13-14-17-19(18)23(20,21)22;1-4-7-10-13-14(15,11-8-5-2)12-9-6-3/h13-14,16-17H,2-12,15H2,1H3,(H,20,21,22);4-13,15H2,1-3H3/p+1. The van der Waals surface area contributed by atoms with Gasteiger partial charge in [0.25, 0.3) is 10.1 Å². The molecule has 5 heteroatoms. The minimum atomic E-state index is -4.10. The third kappa shape index (κ3) is 20.5. The molecule has 1 atom stereocenters. The zero-order valence-corrected chi connectivity index (χ0v) is 28.0. The fraction of sp³-hybridized carbons (Fsp3) is 0.818. The fourth-order valence-electron chi connectivity index (χ4n) is 5.17. The second kappa shape index (κ2) is 24.4. The summed E-state index contributed by atoms with van der Waals surface area (Å²) in [5.74, 6) is 0. The van der Waals surface area contributed by atoms with Crippen molar-refractivity contribution >= 4 is 19.4 Å². The third-order valence-corrected chi connectivity index (χ3v) is 9.75. The van der Waals surface area contributed by atoms with Gasteiger partial charge >= 0.3 is 0 Å². The average molecular weight is 572 g/mol. The molecular weight excluding hydrogens is 507 g/mol. The summed E-state index contributed by atoms with van der Waals surface area (Å²) in [6.07, 6.45) is 29.0. The molecule has 1 N–H and O–H groups in total. The van der Waals surface area contributed by atoms with Gasteiger partial charge in [0.15, 0.2) is 0 Å². The van der Waals surface area contributed by atoms with Gasteiger partial charge in [-0.25, -0.2) is 0 Å². The van der Waals surface area contributed by atoms with E-state index in [0.29, 0.717) is 11.6 Å². The second-order valence-electron chi connectivity index (χ2n) is 11.5. The molecule has 0 aliphatic rings. The van der Waals surface area contributed by atoms with Crippen LogP contribution in [0.3, 0.4) is 0 Å². The smallest absolute Gasteiger partial charge is 0.282 e. The van der Waals surface area contributed by atoms with E-state index in [1.807, 2.05) is 6.07 Å². The Morgan fingerprint density at radius 3 is 1.47 bits per heavy atom. The fourth-order valence-corrected chi connectivity index (χ4v) is 6.67. The number of hydrogen-bond acceptors (Lipinski definition) is 2. The van der Waals surface area contributed by atoms with Gasteiger partial charge in [-0.15, -0.1) is 0 Å². The maximum absolute atomic E-state index is 11.3. The lowest BCUT2D eigenvalue weighted by Crippen LogP contribution is -2.20. The topological polar surface area (TPSA) is 54.4 Å². The van der Waals surface area contributed by atoms with Crippen molar-refractivity contribution in [3.63, 3.8) is 0 Å². The van der Waals surface area contributed by atoms with Crippen LogP contribution in [0.25, 0.3) is 0 Å². The van der Waals surface area contributed by atoms with E-state index in [-0.39, 0.29) is 4.90 Å². The predicted octanol–water partition coefficient (Wildman–Crippen LogP) is 11.1. The molecule has 0 heterocycles. The highest BCUT2D eigenvalue weighted by Gasteiger charge is 2.27. The summed E-state index contributed by atoms with van der Waals surface area (Å²) in [6.45, 7) is 9.18. The number of rotatable bonds is 23. The lowest BCUT2D eigenvalue weighted by atomic mass is 9.89. The molecule has 0 fully saturated rings. The van der Waals surface area contributed by atoms with Gasteiger partial charge in [-0.3, -0.25) is 4.55 Å². The molecule has 0 radical (unpaired) electrons. The Labute approximate surface area is 240 Å². The summed E-state index contributed by atoms with van der Waals surface area (Å²) >= 11 is 0. The number of unbranched alkanes of at least 4 members (excludes halogenated alkanes) is 14. The quantitative estimate of drug-likeness (QED) is 0.0807. The van der Waals surface area contributed by atoms with Crippen molar-refractivity contribution in [2.24, 2.45) is 0 Å². The minimum Gasteiger partial charge on any atom is -0.282 e. The van der Waals surface area contributed by atoms with Crippen LogP contribution in [0.2, 0.25) is 0 Å². The SMILES string of the molecule is CCCCCC([PH3+])(CCCC)CCCC.CCCCCCCCCCCCCc1ccccc1S(=O)(=O)O. The molecule has 0 aliphatic carbocycles. The van der Waals surface area contributed by atoms with Crippen LogP contribution in [0, 0.1) is 0 Å². The molecule has 0 saturated carbocycles. The normalized spacial score (nSPS) is 11.9. The molecule has 38 heavy (non-hydrogen) atoms. The molecular formula is C33H64O3PS+. The van der Waals surface area contributed by atoms with E-state index in [4.69, 9.17) is 0 Å². The molecule has 0 amide bonds. The van der Waals surface area contributed by atoms with Gasteiger partial charge in [0.1, 0.15) is 0 Å². The Morgan fingerprint density at radius 1 is 0.605 bits per heavy atom. The van der Waals surface area contributed by atoms with Crippen molar-refractivity contribution in [2.75, 3.05) is 0 Å². The molecule has 3 nitrogen and oxygen atoms in total. The molecule has 1 aromatic carbocycles. The van der Waals surface area contributed by atoms with Crippen molar-refractivity contribution < 1.29 is 13.0 Å². The summed E-state index contributed by atoms with van der Waals surface area (Å²) < 4.78 is 31.8. The van der Waals surface area contributed by atoms with E-state index < -0.39 is 10.1 Å². The van der Waals surface area contributed by atoms with Crippen molar-refractivity contribution in [3.8, 4) is 0 Å². The zero-order valence-electron chi connectivity index (χ0n) is 25.7. The molecule has 0 aromatic heterocycles. The van der Waals surface area contributed by atoms with Crippen LogP contribution in [0.15, 0.2) is 29.2 Å². The van der Waals surface area contributed by atoms with E-state index >= 15 is 0 Å². The maximum Gasteiger partial charge on any atom is 0.294 e. The number of aryl methyl sites for hydroxylation is 1. The monoisotopic (exact) mass is 571 g/mol. The van der Waals surface area contributed by atoms with Gasteiger partial charge in [0.05, 0.1) is 10.1 Å². The first-order valence-corrected chi connectivity index (χ1v) is 18.3. The molecule has 0 aliphatic heterocycles. The summed E-state index contributed by atoms with van der Waals surface area (Å²) in [5.41, 5.74) is 0.728. The Balaban J connectivity index is 0.000000793. The lowest BCUT2D eigenvalue weighted by Gasteiger charge is -2.24. The van der Waals surface area contributed by atoms with Crippen molar-refractivity contribution in [1.29, 1.82) is 0 Å². The molecule has 1 unspecified atom stereocenters. The Morgan fingerprint density at radius 2 is 1.00 bits per heavy atom. The van der Waals surface area contributed by atoms with Crippen molar-refractivity contribution in [1.82, 2.24) is 0 Å². The Bertz CT molecular complexity index is 755. The lowest BCUT2D eigenvalue weighted by molar-refractivity contribution is 0.420. The maximum atomic E-state index is 11.3. The van der Waals surface area contributed by atoms with Gasteiger partial charge < -0.3 is 0 Å². The van der Waals surface area contributed by atoms with Gasteiger partial charge in [0.2, 0.25) is 0 Å². The van der Waals surface area contributed by atoms with E-state index in [2.05, 4.69) is 36.9 Å². The molecule has 0 saturated heterocycles. The van der Waals surface area contributed by atoms with Crippen LogP contribution in [0.1, 0.15) is 168 Å². The van der Waals surface area contributed by atoms with Crippen LogP contribution in [0.4, 0.5) is 0 Å². The zero-order chi connectivity index (χ0) is 28.5. The van der Waals surface area contributed by atoms with Crippen molar-refractivity contribution in [3.05, 3.63) is 29.8 Å². The average Bonchev–Trinajstić information content (AvgIpc) is 2.90. The van der Waals surface area contributed by atoms with Gasteiger partial charge in [-0.2, -0.15) is 8.42 Å². The first-order chi connectivity index (χ1) is 18.2. The van der Waals surface area contributed by atoms with Crippen LogP contribution < -0.4 is 0 Å². The van der Waals surface area contributed by atoms with E-state index in [0.717, 1.165) is 18.4 Å². The van der Waals surface area contributed by atoms with Crippen LogP contribution in [0.5, 0.6) is 0 Å². The van der Waals surface area contributed by atoms with Gasteiger partial charge in [-0.1, -0.05) is 136 Å². The van der Waals surface area contributed by atoms with Crippen LogP contribution in [-0.2, 0) is 16.5 Å².